The molecule has 140 valence electrons. The van der Waals surface area contributed by atoms with Crippen LogP contribution in [0.15, 0.2) is 42.6 Å². The van der Waals surface area contributed by atoms with Gasteiger partial charge in [-0.2, -0.15) is 0 Å². The van der Waals surface area contributed by atoms with Crippen molar-refractivity contribution in [1.29, 1.82) is 0 Å². The number of anilines is 1. The fraction of sp³-hybridized carbons (Fsp3) is 0.263. The van der Waals surface area contributed by atoms with Crippen LogP contribution < -0.4 is 5.32 Å². The number of carbonyl (C=O) groups is 3. The lowest BCUT2D eigenvalue weighted by molar-refractivity contribution is -0.130. The van der Waals surface area contributed by atoms with Gasteiger partial charge in [0.05, 0.1) is 0 Å². The van der Waals surface area contributed by atoms with Crippen LogP contribution in [0.3, 0.4) is 0 Å². The Hall–Kier alpha value is -2.93. The van der Waals surface area contributed by atoms with Crippen molar-refractivity contribution in [2.45, 2.75) is 6.92 Å². The zero-order valence-electron chi connectivity index (χ0n) is 14.8. The molecule has 3 amide bonds. The van der Waals surface area contributed by atoms with E-state index in [1.54, 1.807) is 40.1 Å². The third kappa shape index (κ3) is 4.62. The molecule has 3 rings (SSSR count). The molecular formula is C19H19ClN4O3. The minimum absolute atomic E-state index is 0.0000854. The Morgan fingerprint density at radius 1 is 1.04 bits per heavy atom. The first-order valence-electron chi connectivity index (χ1n) is 8.52. The molecule has 7 nitrogen and oxygen atoms in total. The minimum atomic E-state index is -0.352. The molecule has 0 atom stereocenters. The number of hydrogen-bond donors (Lipinski definition) is 1. The van der Waals surface area contributed by atoms with Gasteiger partial charge in [-0.1, -0.05) is 17.7 Å². The number of nitrogens with one attached hydrogen (secondary N) is 1. The minimum Gasteiger partial charge on any atom is -0.339 e. The Kier molecular flexibility index (Phi) is 5.71. The third-order valence-electron chi connectivity index (χ3n) is 4.34. The third-order valence-corrected chi connectivity index (χ3v) is 4.57. The molecule has 1 aliphatic heterocycles. The van der Waals surface area contributed by atoms with Gasteiger partial charge in [0.1, 0.15) is 5.69 Å². The molecule has 0 saturated carbocycles. The smallest absolute Gasteiger partial charge is 0.272 e. The normalized spacial score (nSPS) is 14.0. The molecule has 2 heterocycles. The van der Waals surface area contributed by atoms with E-state index in [0.29, 0.717) is 42.5 Å². The number of aromatic nitrogens is 1. The summed E-state index contributed by atoms with van der Waals surface area (Å²) in [6, 6.07) is 9.84. The zero-order valence-corrected chi connectivity index (χ0v) is 15.6. The molecular weight excluding hydrogens is 368 g/mol. The summed E-state index contributed by atoms with van der Waals surface area (Å²) in [7, 11) is 0. The summed E-state index contributed by atoms with van der Waals surface area (Å²) < 4.78 is 0. The Morgan fingerprint density at radius 3 is 2.41 bits per heavy atom. The van der Waals surface area contributed by atoms with Crippen LogP contribution in [-0.2, 0) is 4.79 Å². The molecule has 0 spiro atoms. The van der Waals surface area contributed by atoms with Crippen molar-refractivity contribution in [2.75, 3.05) is 31.5 Å². The summed E-state index contributed by atoms with van der Waals surface area (Å²) in [5.41, 5.74) is 1.10. The summed E-state index contributed by atoms with van der Waals surface area (Å²) >= 11 is 5.92. The van der Waals surface area contributed by atoms with Gasteiger partial charge in [-0.25, -0.2) is 0 Å². The molecule has 0 radical (unpaired) electrons. The van der Waals surface area contributed by atoms with Crippen molar-refractivity contribution in [3.05, 3.63) is 58.9 Å². The summed E-state index contributed by atoms with van der Waals surface area (Å²) in [4.78, 5) is 43.9. The molecule has 1 saturated heterocycles. The van der Waals surface area contributed by atoms with Crippen LogP contribution in [0.2, 0.25) is 5.02 Å². The van der Waals surface area contributed by atoms with Crippen LogP contribution in [0.1, 0.15) is 27.8 Å². The molecule has 0 unspecified atom stereocenters. The van der Waals surface area contributed by atoms with Crippen molar-refractivity contribution in [3.8, 4) is 0 Å². The number of benzene rings is 1. The standard InChI is InChI=1S/C19H19ClN4O3/c1-13(25)23-7-9-24(10-8-23)19(27)17-11-14(5-6-21-17)18(26)22-16-4-2-3-15(20)12-16/h2-6,11-12H,7-10H2,1H3,(H,22,26). The maximum absolute atomic E-state index is 12.7. The number of nitrogens with zero attached hydrogens (tertiary/aromatic N) is 3. The zero-order chi connectivity index (χ0) is 19.4. The molecule has 1 aliphatic rings. The molecule has 0 bridgehead atoms. The van der Waals surface area contributed by atoms with Crippen molar-refractivity contribution < 1.29 is 14.4 Å². The first kappa shape index (κ1) is 18.8. The number of amides is 3. The maximum atomic E-state index is 12.7. The van der Waals surface area contributed by atoms with E-state index in [4.69, 9.17) is 11.6 Å². The molecule has 1 aromatic heterocycles. The largest absolute Gasteiger partial charge is 0.339 e. The van der Waals surface area contributed by atoms with Crippen molar-refractivity contribution in [1.82, 2.24) is 14.8 Å². The summed E-state index contributed by atoms with van der Waals surface area (Å²) in [6.07, 6.45) is 1.44. The second kappa shape index (κ2) is 8.18. The van der Waals surface area contributed by atoms with Crippen LogP contribution in [-0.4, -0.2) is 58.7 Å². The van der Waals surface area contributed by atoms with Gasteiger partial charge >= 0.3 is 0 Å². The highest BCUT2D eigenvalue weighted by molar-refractivity contribution is 6.31. The molecule has 1 fully saturated rings. The number of pyridine rings is 1. The molecule has 27 heavy (non-hydrogen) atoms. The molecule has 1 N–H and O–H groups in total. The van der Waals surface area contributed by atoms with E-state index in [1.165, 1.54) is 19.2 Å². The molecule has 0 aliphatic carbocycles. The summed E-state index contributed by atoms with van der Waals surface area (Å²) in [5, 5.41) is 3.26. The second-order valence-electron chi connectivity index (χ2n) is 6.19. The number of halogens is 1. The Labute approximate surface area is 161 Å². The van der Waals surface area contributed by atoms with Crippen molar-refractivity contribution in [2.24, 2.45) is 0 Å². The van der Waals surface area contributed by atoms with Gasteiger partial charge < -0.3 is 15.1 Å². The average molecular weight is 387 g/mol. The van der Waals surface area contributed by atoms with Crippen LogP contribution in [0, 0.1) is 0 Å². The highest BCUT2D eigenvalue weighted by atomic mass is 35.5. The second-order valence-corrected chi connectivity index (χ2v) is 6.63. The van der Waals surface area contributed by atoms with E-state index in [1.807, 2.05) is 0 Å². The van der Waals surface area contributed by atoms with Gasteiger partial charge in [-0.05, 0) is 30.3 Å². The number of piperazine rings is 1. The van der Waals surface area contributed by atoms with Gasteiger partial charge in [0, 0.05) is 55.6 Å². The average Bonchev–Trinajstić information content (AvgIpc) is 2.67. The monoisotopic (exact) mass is 386 g/mol. The van der Waals surface area contributed by atoms with Crippen LogP contribution >= 0.6 is 11.6 Å². The summed E-state index contributed by atoms with van der Waals surface area (Å²) in [5.74, 6) is -0.606. The van der Waals surface area contributed by atoms with Crippen molar-refractivity contribution in [3.63, 3.8) is 0 Å². The molecule has 1 aromatic carbocycles. The van der Waals surface area contributed by atoms with Crippen LogP contribution in [0.5, 0.6) is 0 Å². The highest BCUT2D eigenvalue weighted by Crippen LogP contribution is 2.16. The van der Waals surface area contributed by atoms with E-state index in [-0.39, 0.29) is 23.4 Å². The van der Waals surface area contributed by atoms with Gasteiger partial charge in [-0.15, -0.1) is 0 Å². The van der Waals surface area contributed by atoms with Crippen LogP contribution in [0.25, 0.3) is 0 Å². The predicted octanol–water partition coefficient (Wildman–Crippen LogP) is 2.29. The van der Waals surface area contributed by atoms with Gasteiger partial charge in [0.25, 0.3) is 11.8 Å². The number of hydrogen-bond acceptors (Lipinski definition) is 4. The Morgan fingerprint density at radius 2 is 1.74 bits per heavy atom. The fourth-order valence-electron chi connectivity index (χ4n) is 2.84. The topological polar surface area (TPSA) is 82.6 Å². The highest BCUT2D eigenvalue weighted by Gasteiger charge is 2.24. The van der Waals surface area contributed by atoms with E-state index in [2.05, 4.69) is 10.3 Å². The first-order valence-corrected chi connectivity index (χ1v) is 8.89. The maximum Gasteiger partial charge on any atom is 0.272 e. The van der Waals surface area contributed by atoms with Gasteiger partial charge in [-0.3, -0.25) is 19.4 Å². The van der Waals surface area contributed by atoms with E-state index < -0.39 is 0 Å². The molecule has 2 aromatic rings. The van der Waals surface area contributed by atoms with E-state index in [0.717, 1.165) is 0 Å². The Balaban J connectivity index is 1.69. The van der Waals surface area contributed by atoms with E-state index in [9.17, 15) is 14.4 Å². The quantitative estimate of drug-likeness (QED) is 0.877. The lowest BCUT2D eigenvalue weighted by Gasteiger charge is -2.34. The lowest BCUT2D eigenvalue weighted by atomic mass is 10.2. The molecule has 8 heteroatoms. The number of rotatable bonds is 3. The predicted molar refractivity (Wildman–Crippen MR) is 102 cm³/mol. The summed E-state index contributed by atoms with van der Waals surface area (Å²) in [6.45, 7) is 3.39. The fourth-order valence-corrected chi connectivity index (χ4v) is 3.03. The Bertz CT molecular complexity index is 879. The van der Waals surface area contributed by atoms with E-state index >= 15 is 0 Å². The van der Waals surface area contributed by atoms with Gasteiger partial charge in [0.2, 0.25) is 5.91 Å². The van der Waals surface area contributed by atoms with Crippen molar-refractivity contribution >= 4 is 35.0 Å². The number of carbonyl (C=O) groups excluding carboxylic acids is 3. The lowest BCUT2D eigenvalue weighted by Crippen LogP contribution is -2.50. The first-order chi connectivity index (χ1) is 12.9. The van der Waals surface area contributed by atoms with Crippen LogP contribution in [0.4, 0.5) is 5.69 Å². The van der Waals surface area contributed by atoms with Gasteiger partial charge in [0.15, 0.2) is 0 Å². The SMILES string of the molecule is CC(=O)N1CCN(C(=O)c2cc(C(=O)Nc3cccc(Cl)c3)ccn2)CC1.